The van der Waals surface area contributed by atoms with Crippen LogP contribution in [0.5, 0.6) is 0 Å². The Morgan fingerprint density at radius 3 is 2.50 bits per heavy atom. The van der Waals surface area contributed by atoms with Crippen molar-refractivity contribution in [1.29, 1.82) is 5.26 Å². The molecule has 1 fully saturated rings. The third-order valence-electron chi connectivity index (χ3n) is 5.64. The van der Waals surface area contributed by atoms with Gasteiger partial charge in [0.25, 0.3) is 11.8 Å². The molecule has 2 aromatic heterocycles. The number of benzene rings is 2. The summed E-state index contributed by atoms with van der Waals surface area (Å²) in [6.07, 6.45) is 4.83. The van der Waals surface area contributed by atoms with Crippen LogP contribution >= 0.6 is 0 Å². The Bertz CT molecular complexity index is 1490. The van der Waals surface area contributed by atoms with E-state index in [-0.39, 0.29) is 12.1 Å². The topological polar surface area (TPSA) is 108 Å². The van der Waals surface area contributed by atoms with E-state index in [1.54, 1.807) is 24.3 Å². The number of furan rings is 1. The van der Waals surface area contributed by atoms with Crippen LogP contribution in [-0.4, -0.2) is 27.3 Å². The molecule has 0 unspecified atom stereocenters. The summed E-state index contributed by atoms with van der Waals surface area (Å²) in [5, 5.41) is 12.1. The molecule has 166 valence electrons. The van der Waals surface area contributed by atoms with Gasteiger partial charge in [0.1, 0.15) is 11.3 Å². The number of aromatic nitrogens is 1. The lowest BCUT2D eigenvalue weighted by molar-refractivity contribution is -0.130. The fraction of sp³-hybridized carbons (Fsp3) is 0.0769. The van der Waals surface area contributed by atoms with Crippen LogP contribution in [0.1, 0.15) is 22.5 Å². The zero-order valence-electron chi connectivity index (χ0n) is 17.9. The van der Waals surface area contributed by atoms with Gasteiger partial charge in [0.05, 0.1) is 24.4 Å². The van der Waals surface area contributed by atoms with Gasteiger partial charge in [0, 0.05) is 29.2 Å². The van der Waals surface area contributed by atoms with Crippen molar-refractivity contribution < 1.29 is 18.8 Å². The van der Waals surface area contributed by atoms with Gasteiger partial charge in [-0.25, -0.2) is 4.79 Å². The van der Waals surface area contributed by atoms with Gasteiger partial charge in [0.15, 0.2) is 0 Å². The van der Waals surface area contributed by atoms with Crippen LogP contribution in [0.2, 0.25) is 0 Å². The van der Waals surface area contributed by atoms with Crippen LogP contribution in [0.25, 0.3) is 17.0 Å². The average molecular weight is 450 g/mol. The summed E-state index contributed by atoms with van der Waals surface area (Å²) >= 11 is 0. The molecule has 8 heteroatoms. The lowest BCUT2D eigenvalue weighted by atomic mass is 10.1. The van der Waals surface area contributed by atoms with Crippen LogP contribution in [0.3, 0.4) is 0 Å². The number of urea groups is 1. The minimum absolute atomic E-state index is 0.0806. The maximum Gasteiger partial charge on any atom is 0.331 e. The second kappa shape index (κ2) is 8.56. The molecule has 3 heterocycles. The number of hydrogen-bond donors (Lipinski definition) is 1. The fourth-order valence-corrected chi connectivity index (χ4v) is 3.95. The average Bonchev–Trinajstić information content (AvgIpc) is 3.48. The van der Waals surface area contributed by atoms with Crippen molar-refractivity contribution in [3.05, 3.63) is 101 Å². The molecule has 0 atom stereocenters. The molecule has 0 saturated carbocycles. The van der Waals surface area contributed by atoms with Crippen molar-refractivity contribution in [2.24, 2.45) is 0 Å². The molecular formula is C26H18N4O4. The standard InChI is InChI=1S/C26H18N4O4/c27-13-17-7-9-18(10-8-17)14-29-15-19(21-5-1-2-6-23(21)29)12-22-24(31)28-26(33)30(25(22)32)16-20-4-3-11-34-20/h1-12,15H,14,16H2,(H,28,31,33)/b22-12-. The SMILES string of the molecule is N#Cc1ccc(Cn2cc(/C=C3/C(=O)NC(=O)N(Cc4ccco4)C3=O)c3ccccc32)cc1. The van der Waals surface area contributed by atoms with E-state index < -0.39 is 17.8 Å². The monoisotopic (exact) mass is 450 g/mol. The summed E-state index contributed by atoms with van der Waals surface area (Å²) in [6.45, 7) is 0.460. The molecule has 1 aliphatic heterocycles. The van der Waals surface area contributed by atoms with E-state index in [4.69, 9.17) is 9.68 Å². The number of nitrogens with zero attached hydrogens (tertiary/aromatic N) is 3. The van der Waals surface area contributed by atoms with Gasteiger partial charge in [-0.3, -0.25) is 19.8 Å². The first-order valence-corrected chi connectivity index (χ1v) is 10.5. The molecule has 1 N–H and O–H groups in total. The third-order valence-corrected chi connectivity index (χ3v) is 5.64. The maximum atomic E-state index is 13.1. The van der Waals surface area contributed by atoms with E-state index in [1.165, 1.54) is 12.3 Å². The number of rotatable bonds is 5. The van der Waals surface area contributed by atoms with E-state index in [9.17, 15) is 14.4 Å². The summed E-state index contributed by atoms with van der Waals surface area (Å²) in [5.41, 5.74) is 3.05. The quantitative estimate of drug-likeness (QED) is 0.367. The highest BCUT2D eigenvalue weighted by molar-refractivity contribution is 6.31. The Morgan fingerprint density at radius 1 is 0.971 bits per heavy atom. The minimum atomic E-state index is -0.785. The smallest absolute Gasteiger partial charge is 0.331 e. The lowest BCUT2D eigenvalue weighted by Crippen LogP contribution is -2.53. The van der Waals surface area contributed by atoms with E-state index in [1.807, 2.05) is 47.2 Å². The maximum absolute atomic E-state index is 13.1. The van der Waals surface area contributed by atoms with E-state index >= 15 is 0 Å². The molecule has 4 amide bonds. The van der Waals surface area contributed by atoms with Crippen LogP contribution in [0.4, 0.5) is 4.79 Å². The molecule has 2 aromatic carbocycles. The normalized spacial score (nSPS) is 15.1. The van der Waals surface area contributed by atoms with Crippen molar-refractivity contribution in [2.75, 3.05) is 0 Å². The van der Waals surface area contributed by atoms with E-state index in [0.29, 0.717) is 23.4 Å². The molecule has 1 saturated heterocycles. The number of nitriles is 1. The highest BCUT2D eigenvalue weighted by Crippen LogP contribution is 2.26. The Morgan fingerprint density at radius 2 is 1.76 bits per heavy atom. The molecule has 4 aromatic rings. The second-order valence-electron chi connectivity index (χ2n) is 7.83. The predicted molar refractivity (Wildman–Crippen MR) is 123 cm³/mol. The zero-order valence-corrected chi connectivity index (χ0v) is 17.9. The van der Waals surface area contributed by atoms with Crippen molar-refractivity contribution in [2.45, 2.75) is 13.1 Å². The molecule has 0 radical (unpaired) electrons. The zero-order chi connectivity index (χ0) is 23.7. The fourth-order valence-electron chi connectivity index (χ4n) is 3.95. The number of nitrogens with one attached hydrogen (secondary N) is 1. The molecular weight excluding hydrogens is 432 g/mol. The number of hydrogen-bond acceptors (Lipinski definition) is 5. The van der Waals surface area contributed by atoms with Crippen molar-refractivity contribution in [1.82, 2.24) is 14.8 Å². The van der Waals surface area contributed by atoms with Crippen molar-refractivity contribution >= 4 is 34.8 Å². The van der Waals surface area contributed by atoms with Gasteiger partial charge in [-0.05, 0) is 42.0 Å². The van der Waals surface area contributed by atoms with E-state index in [2.05, 4.69) is 11.4 Å². The Kier molecular flexibility index (Phi) is 5.28. The van der Waals surface area contributed by atoms with Gasteiger partial charge < -0.3 is 8.98 Å². The van der Waals surface area contributed by atoms with Crippen LogP contribution in [0.15, 0.2) is 83.1 Å². The first-order valence-electron chi connectivity index (χ1n) is 10.5. The molecule has 8 nitrogen and oxygen atoms in total. The van der Waals surface area contributed by atoms with Gasteiger partial charge in [-0.2, -0.15) is 5.26 Å². The molecule has 1 aliphatic rings. The highest BCUT2D eigenvalue weighted by atomic mass is 16.3. The molecule has 5 rings (SSSR count). The largest absolute Gasteiger partial charge is 0.467 e. The number of imide groups is 2. The molecule has 34 heavy (non-hydrogen) atoms. The lowest BCUT2D eigenvalue weighted by Gasteiger charge is -2.25. The number of carbonyl (C=O) groups is 3. The third kappa shape index (κ3) is 3.87. The number of amides is 4. The summed E-state index contributed by atoms with van der Waals surface area (Å²) in [6, 6.07) is 19.6. The number of para-hydroxylation sites is 1. The van der Waals surface area contributed by atoms with Crippen molar-refractivity contribution in [3.8, 4) is 6.07 Å². The summed E-state index contributed by atoms with van der Waals surface area (Å²) in [4.78, 5) is 38.9. The molecule has 0 bridgehead atoms. The first-order chi connectivity index (χ1) is 16.5. The highest BCUT2D eigenvalue weighted by Gasteiger charge is 2.36. The van der Waals surface area contributed by atoms with E-state index in [0.717, 1.165) is 21.4 Å². The summed E-state index contributed by atoms with van der Waals surface area (Å²) in [7, 11) is 0. The number of carbonyl (C=O) groups excluding carboxylic acids is 3. The van der Waals surface area contributed by atoms with Crippen LogP contribution < -0.4 is 5.32 Å². The van der Waals surface area contributed by atoms with Crippen LogP contribution in [-0.2, 0) is 22.7 Å². The number of fused-ring (bicyclic) bond motifs is 1. The van der Waals surface area contributed by atoms with Crippen molar-refractivity contribution in [3.63, 3.8) is 0 Å². The Hall–Kier alpha value is -4.90. The first kappa shape index (κ1) is 21.0. The predicted octanol–water partition coefficient (Wildman–Crippen LogP) is 3.82. The molecule has 0 spiro atoms. The van der Waals surface area contributed by atoms with Gasteiger partial charge in [0.2, 0.25) is 0 Å². The van der Waals surface area contributed by atoms with Crippen LogP contribution in [0, 0.1) is 11.3 Å². The van der Waals surface area contributed by atoms with Gasteiger partial charge in [-0.15, -0.1) is 0 Å². The summed E-state index contributed by atoms with van der Waals surface area (Å²) in [5.74, 6) is -1.00. The Balaban J connectivity index is 1.51. The van der Waals surface area contributed by atoms with Gasteiger partial charge in [-0.1, -0.05) is 30.3 Å². The molecule has 0 aliphatic carbocycles. The number of barbiturate groups is 1. The Labute approximate surface area is 194 Å². The van der Waals surface area contributed by atoms with Gasteiger partial charge >= 0.3 is 6.03 Å². The minimum Gasteiger partial charge on any atom is -0.467 e. The second-order valence-corrected chi connectivity index (χ2v) is 7.83. The summed E-state index contributed by atoms with van der Waals surface area (Å²) < 4.78 is 7.26.